The maximum absolute atomic E-state index is 12.8. The van der Waals surface area contributed by atoms with Crippen molar-refractivity contribution < 1.29 is 14.3 Å². The minimum Gasteiger partial charge on any atom is -0.464 e. The summed E-state index contributed by atoms with van der Waals surface area (Å²) in [5, 5.41) is 0. The summed E-state index contributed by atoms with van der Waals surface area (Å²) < 4.78 is 5.55. The first-order valence-corrected chi connectivity index (χ1v) is 13.2. The third kappa shape index (κ3) is 9.39. The molecule has 1 aliphatic carbocycles. The average molecular weight is 422 g/mol. The highest BCUT2D eigenvalue weighted by atomic mass is 16.5. The molecule has 0 N–H and O–H groups in total. The number of carbonyl (C=O) groups excluding carboxylic acids is 2. The van der Waals surface area contributed by atoms with E-state index in [9.17, 15) is 9.59 Å². The SMILES string of the molecule is CCCCCCCCCCCCCCOC(=O)C1CCCN1C(=O)C1CCCCC1. The Kier molecular flexibility index (Phi) is 13.2. The lowest BCUT2D eigenvalue weighted by Gasteiger charge is -2.29. The number of esters is 1. The lowest BCUT2D eigenvalue weighted by Crippen LogP contribution is -2.44. The van der Waals surface area contributed by atoms with Gasteiger partial charge in [0.05, 0.1) is 6.61 Å². The Morgan fingerprint density at radius 1 is 0.733 bits per heavy atom. The van der Waals surface area contributed by atoms with E-state index in [0.29, 0.717) is 6.61 Å². The largest absolute Gasteiger partial charge is 0.464 e. The number of hydrogen-bond acceptors (Lipinski definition) is 3. The highest BCUT2D eigenvalue weighted by molar-refractivity contribution is 5.86. The maximum Gasteiger partial charge on any atom is 0.328 e. The van der Waals surface area contributed by atoms with Gasteiger partial charge in [-0.3, -0.25) is 4.79 Å². The molecule has 174 valence electrons. The zero-order valence-corrected chi connectivity index (χ0v) is 19.7. The standard InChI is InChI=1S/C26H47NO3/c1-2-3-4-5-6-7-8-9-10-11-12-16-22-30-26(29)24-20-17-21-27(24)25(28)23-18-14-13-15-19-23/h23-24H,2-22H2,1H3. The van der Waals surface area contributed by atoms with Gasteiger partial charge in [0.15, 0.2) is 0 Å². The van der Waals surface area contributed by atoms with Crippen molar-refractivity contribution in [1.29, 1.82) is 0 Å². The third-order valence-electron chi connectivity index (χ3n) is 7.00. The van der Waals surface area contributed by atoms with Gasteiger partial charge in [-0.15, -0.1) is 0 Å². The fourth-order valence-corrected chi connectivity index (χ4v) is 5.07. The molecule has 0 radical (unpaired) electrons. The van der Waals surface area contributed by atoms with E-state index in [2.05, 4.69) is 6.92 Å². The minimum atomic E-state index is -0.322. The molecule has 0 aromatic heterocycles. The van der Waals surface area contributed by atoms with Gasteiger partial charge in [-0.05, 0) is 32.1 Å². The van der Waals surface area contributed by atoms with Crippen molar-refractivity contribution >= 4 is 11.9 Å². The van der Waals surface area contributed by atoms with E-state index in [0.717, 1.165) is 57.9 Å². The molecule has 4 nitrogen and oxygen atoms in total. The summed E-state index contributed by atoms with van der Waals surface area (Å²) in [6.07, 6.45) is 22.9. The van der Waals surface area contributed by atoms with E-state index >= 15 is 0 Å². The van der Waals surface area contributed by atoms with E-state index in [4.69, 9.17) is 4.74 Å². The zero-order chi connectivity index (χ0) is 21.4. The van der Waals surface area contributed by atoms with Crippen LogP contribution in [0.1, 0.15) is 129 Å². The summed E-state index contributed by atoms with van der Waals surface area (Å²) in [4.78, 5) is 27.2. The van der Waals surface area contributed by atoms with Crippen LogP contribution in [0.2, 0.25) is 0 Å². The van der Waals surface area contributed by atoms with E-state index in [1.165, 1.54) is 70.6 Å². The smallest absolute Gasteiger partial charge is 0.328 e. The fourth-order valence-electron chi connectivity index (χ4n) is 5.07. The van der Waals surface area contributed by atoms with Gasteiger partial charge in [-0.25, -0.2) is 4.79 Å². The Morgan fingerprint density at radius 2 is 1.30 bits per heavy atom. The lowest BCUT2D eigenvalue weighted by molar-refractivity contribution is -0.155. The molecule has 0 aromatic rings. The number of nitrogens with zero attached hydrogens (tertiary/aromatic N) is 1. The van der Waals surface area contributed by atoms with Gasteiger partial charge in [0, 0.05) is 12.5 Å². The molecule has 30 heavy (non-hydrogen) atoms. The molecule has 2 aliphatic rings. The molecule has 0 bridgehead atoms. The van der Waals surface area contributed by atoms with Crippen LogP contribution in [0.25, 0.3) is 0 Å². The summed E-state index contributed by atoms with van der Waals surface area (Å²) >= 11 is 0. The van der Waals surface area contributed by atoms with Gasteiger partial charge in [0.2, 0.25) is 5.91 Å². The van der Waals surface area contributed by atoms with Gasteiger partial charge < -0.3 is 9.64 Å². The van der Waals surface area contributed by atoms with Crippen molar-refractivity contribution in [2.45, 2.75) is 135 Å². The summed E-state index contributed by atoms with van der Waals surface area (Å²) in [6.45, 7) is 3.51. The van der Waals surface area contributed by atoms with Crippen LogP contribution in [0.5, 0.6) is 0 Å². The molecule has 1 saturated carbocycles. The van der Waals surface area contributed by atoms with Crippen molar-refractivity contribution in [3.63, 3.8) is 0 Å². The van der Waals surface area contributed by atoms with Crippen LogP contribution >= 0.6 is 0 Å². The predicted octanol–water partition coefficient (Wildman–Crippen LogP) is 6.80. The lowest BCUT2D eigenvalue weighted by atomic mass is 9.88. The van der Waals surface area contributed by atoms with Crippen LogP contribution in [0, 0.1) is 5.92 Å². The topological polar surface area (TPSA) is 46.6 Å². The molecule has 1 heterocycles. The molecule has 2 fully saturated rings. The second kappa shape index (κ2) is 15.7. The van der Waals surface area contributed by atoms with Crippen LogP contribution in [-0.2, 0) is 14.3 Å². The molecule has 1 unspecified atom stereocenters. The number of unbranched alkanes of at least 4 members (excludes halogenated alkanes) is 11. The summed E-state index contributed by atoms with van der Waals surface area (Å²) in [7, 11) is 0. The second-order valence-corrected chi connectivity index (χ2v) is 9.58. The summed E-state index contributed by atoms with van der Waals surface area (Å²) in [5.41, 5.74) is 0. The Bertz CT molecular complexity index is 473. The fraction of sp³-hybridized carbons (Fsp3) is 0.923. The van der Waals surface area contributed by atoms with Crippen LogP contribution in [-0.4, -0.2) is 36.0 Å². The van der Waals surface area contributed by atoms with E-state index in [1.807, 2.05) is 4.90 Å². The van der Waals surface area contributed by atoms with Gasteiger partial charge in [-0.1, -0.05) is 96.8 Å². The monoisotopic (exact) mass is 421 g/mol. The number of rotatable bonds is 15. The van der Waals surface area contributed by atoms with Gasteiger partial charge in [-0.2, -0.15) is 0 Å². The highest BCUT2D eigenvalue weighted by Crippen LogP contribution is 2.29. The normalized spacial score (nSPS) is 19.9. The van der Waals surface area contributed by atoms with Crippen molar-refractivity contribution in [2.24, 2.45) is 5.92 Å². The molecule has 1 aliphatic heterocycles. The van der Waals surface area contributed by atoms with Gasteiger partial charge >= 0.3 is 5.97 Å². The first-order chi connectivity index (χ1) is 14.7. The molecular formula is C26H47NO3. The quantitative estimate of drug-likeness (QED) is 0.216. The minimum absolute atomic E-state index is 0.142. The number of hydrogen-bond donors (Lipinski definition) is 0. The average Bonchev–Trinajstić information content (AvgIpc) is 3.27. The van der Waals surface area contributed by atoms with Crippen molar-refractivity contribution in [3.05, 3.63) is 0 Å². The number of likely N-dealkylation sites (tertiary alicyclic amines) is 1. The van der Waals surface area contributed by atoms with Crippen LogP contribution in [0.4, 0.5) is 0 Å². The number of amides is 1. The van der Waals surface area contributed by atoms with Crippen molar-refractivity contribution in [1.82, 2.24) is 4.90 Å². The molecular weight excluding hydrogens is 374 g/mol. The Labute approximate surface area is 185 Å². The first kappa shape index (κ1) is 25.2. The van der Waals surface area contributed by atoms with Crippen LogP contribution in [0.3, 0.4) is 0 Å². The summed E-state index contributed by atoms with van der Waals surface area (Å²) in [5.74, 6) is 0.183. The maximum atomic E-state index is 12.8. The van der Waals surface area contributed by atoms with E-state index in [-0.39, 0.29) is 23.8 Å². The highest BCUT2D eigenvalue weighted by Gasteiger charge is 2.38. The Hall–Kier alpha value is -1.06. The molecule has 4 heteroatoms. The van der Waals surface area contributed by atoms with Gasteiger partial charge in [0.1, 0.15) is 6.04 Å². The number of carbonyl (C=O) groups is 2. The van der Waals surface area contributed by atoms with Crippen molar-refractivity contribution in [3.8, 4) is 0 Å². The van der Waals surface area contributed by atoms with Gasteiger partial charge in [0.25, 0.3) is 0 Å². The Balaban J connectivity index is 1.48. The summed E-state index contributed by atoms with van der Waals surface area (Å²) in [6, 6.07) is -0.322. The zero-order valence-electron chi connectivity index (χ0n) is 19.7. The molecule has 2 rings (SSSR count). The molecule has 1 saturated heterocycles. The van der Waals surface area contributed by atoms with Crippen molar-refractivity contribution in [2.75, 3.05) is 13.2 Å². The van der Waals surface area contributed by atoms with E-state index < -0.39 is 0 Å². The predicted molar refractivity (Wildman–Crippen MR) is 123 cm³/mol. The Morgan fingerprint density at radius 3 is 1.90 bits per heavy atom. The molecule has 1 amide bonds. The number of ether oxygens (including phenoxy) is 1. The molecule has 0 aromatic carbocycles. The van der Waals surface area contributed by atoms with Crippen LogP contribution in [0.15, 0.2) is 0 Å². The first-order valence-electron chi connectivity index (χ1n) is 13.2. The van der Waals surface area contributed by atoms with E-state index in [1.54, 1.807) is 0 Å². The van der Waals surface area contributed by atoms with Crippen LogP contribution < -0.4 is 0 Å². The third-order valence-corrected chi connectivity index (χ3v) is 7.00. The molecule has 0 spiro atoms. The molecule has 1 atom stereocenters. The second-order valence-electron chi connectivity index (χ2n) is 9.58.